The first-order valence-electron chi connectivity index (χ1n) is 9.30. The Bertz CT molecular complexity index is 367. The molecule has 3 aliphatic rings. The largest absolute Gasteiger partial charge is 0.323 e. The molecule has 0 radical (unpaired) electrons. The molecule has 1 saturated heterocycles. The highest BCUT2D eigenvalue weighted by Gasteiger charge is 2.53. The molecule has 3 rings (SSSR count). The van der Waals surface area contributed by atoms with E-state index in [0.717, 1.165) is 25.2 Å². The van der Waals surface area contributed by atoms with Gasteiger partial charge in [0.25, 0.3) is 0 Å². The van der Waals surface area contributed by atoms with Crippen LogP contribution in [0.3, 0.4) is 0 Å². The number of rotatable bonds is 4. The first kappa shape index (κ1) is 15.3. The van der Waals surface area contributed by atoms with Gasteiger partial charge < -0.3 is 4.90 Å². The van der Waals surface area contributed by atoms with Crippen LogP contribution >= 0.6 is 0 Å². The molecule has 1 N–H and O–H groups in total. The summed E-state index contributed by atoms with van der Waals surface area (Å²) in [6.45, 7) is 4.51. The second kappa shape index (κ2) is 6.28. The van der Waals surface area contributed by atoms with E-state index in [0.29, 0.717) is 18.1 Å². The highest BCUT2D eigenvalue weighted by molar-refractivity contribution is 5.89. The van der Waals surface area contributed by atoms with E-state index >= 15 is 0 Å². The summed E-state index contributed by atoms with van der Waals surface area (Å²) in [6, 6.07) is 0.503. The van der Waals surface area contributed by atoms with Crippen molar-refractivity contribution in [3.63, 3.8) is 0 Å². The Balaban J connectivity index is 1.68. The number of hydrogen-bond acceptors (Lipinski definition) is 2. The van der Waals surface area contributed by atoms with Gasteiger partial charge in [-0.25, -0.2) is 0 Å². The van der Waals surface area contributed by atoms with Gasteiger partial charge in [0.1, 0.15) is 0 Å². The van der Waals surface area contributed by atoms with Gasteiger partial charge in [-0.3, -0.25) is 10.1 Å². The molecule has 1 aliphatic heterocycles. The van der Waals surface area contributed by atoms with Crippen molar-refractivity contribution in [2.24, 2.45) is 5.92 Å². The molecule has 1 amide bonds. The Hall–Kier alpha value is -0.570. The van der Waals surface area contributed by atoms with Crippen LogP contribution in [0.15, 0.2) is 0 Å². The Kier molecular flexibility index (Phi) is 4.58. The minimum atomic E-state index is -0.180. The molecule has 21 heavy (non-hydrogen) atoms. The molecule has 2 aliphatic carbocycles. The molecule has 0 bridgehead atoms. The minimum absolute atomic E-state index is 0.180. The number of nitrogens with zero attached hydrogens (tertiary/aromatic N) is 1. The molecule has 2 saturated carbocycles. The maximum absolute atomic E-state index is 13.1. The normalized spacial score (nSPS) is 35.8. The van der Waals surface area contributed by atoms with Gasteiger partial charge in [-0.2, -0.15) is 0 Å². The first-order chi connectivity index (χ1) is 10.2. The lowest BCUT2D eigenvalue weighted by Gasteiger charge is -2.37. The highest BCUT2D eigenvalue weighted by atomic mass is 16.2. The van der Waals surface area contributed by atoms with E-state index in [1.807, 2.05) is 0 Å². The summed E-state index contributed by atoms with van der Waals surface area (Å²) in [4.78, 5) is 15.3. The van der Waals surface area contributed by atoms with E-state index < -0.39 is 0 Å². The minimum Gasteiger partial charge on any atom is -0.323 e. The van der Waals surface area contributed by atoms with Crippen LogP contribution in [-0.4, -0.2) is 28.6 Å². The van der Waals surface area contributed by atoms with Crippen LogP contribution in [0.5, 0.6) is 0 Å². The van der Waals surface area contributed by atoms with Crippen LogP contribution in [0.4, 0.5) is 0 Å². The smallest absolute Gasteiger partial charge is 0.244 e. The molecular formula is C18H32N2O. The molecule has 3 nitrogen and oxygen atoms in total. The third kappa shape index (κ3) is 2.74. The fourth-order valence-electron chi connectivity index (χ4n) is 5.01. The number of nitrogens with one attached hydrogen (secondary N) is 1. The zero-order valence-electron chi connectivity index (χ0n) is 13.9. The fraction of sp³-hybridized carbons (Fsp3) is 0.944. The summed E-state index contributed by atoms with van der Waals surface area (Å²) in [5.41, 5.74) is -0.180. The summed E-state index contributed by atoms with van der Waals surface area (Å²) in [5, 5.41) is 3.73. The number of carbonyl (C=O) groups is 1. The lowest BCUT2D eigenvalue weighted by atomic mass is 9.82. The second-order valence-electron chi connectivity index (χ2n) is 7.53. The summed E-state index contributed by atoms with van der Waals surface area (Å²) in [6.07, 6.45) is 13.7. The van der Waals surface area contributed by atoms with Crippen molar-refractivity contribution in [3.8, 4) is 0 Å². The van der Waals surface area contributed by atoms with Crippen molar-refractivity contribution in [3.05, 3.63) is 0 Å². The molecule has 0 aromatic carbocycles. The maximum atomic E-state index is 13.1. The van der Waals surface area contributed by atoms with Crippen LogP contribution in [0.2, 0.25) is 0 Å². The van der Waals surface area contributed by atoms with E-state index in [9.17, 15) is 4.79 Å². The summed E-state index contributed by atoms with van der Waals surface area (Å²) in [5.74, 6) is 1.35. The fourth-order valence-corrected chi connectivity index (χ4v) is 5.01. The average Bonchev–Trinajstić information content (AvgIpc) is 3.08. The third-order valence-corrected chi connectivity index (χ3v) is 6.17. The quantitative estimate of drug-likeness (QED) is 0.854. The van der Waals surface area contributed by atoms with Crippen molar-refractivity contribution in [1.82, 2.24) is 10.2 Å². The molecule has 120 valence electrons. The standard InChI is InChI=1S/C18H32N2O/c1-3-7-14-8-10-15(11-9-14)20-16(4-2)19-18(17(20)21)12-5-6-13-18/h14-16,19H,3-13H2,1-2H3. The Labute approximate surface area is 129 Å². The summed E-state index contributed by atoms with van der Waals surface area (Å²) in [7, 11) is 0. The number of carbonyl (C=O) groups excluding carboxylic acids is 1. The van der Waals surface area contributed by atoms with Gasteiger partial charge >= 0.3 is 0 Å². The van der Waals surface area contributed by atoms with Gasteiger partial charge in [0.2, 0.25) is 5.91 Å². The molecule has 1 atom stereocenters. The van der Waals surface area contributed by atoms with Gasteiger partial charge in [-0.05, 0) is 50.9 Å². The maximum Gasteiger partial charge on any atom is 0.244 e. The predicted octanol–water partition coefficient (Wildman–Crippen LogP) is 3.83. The van der Waals surface area contributed by atoms with Crippen LogP contribution in [0.25, 0.3) is 0 Å². The Morgan fingerprint density at radius 2 is 1.81 bits per heavy atom. The van der Waals surface area contributed by atoms with E-state index in [-0.39, 0.29) is 5.54 Å². The number of hydrogen-bond donors (Lipinski definition) is 1. The Morgan fingerprint density at radius 3 is 2.38 bits per heavy atom. The third-order valence-electron chi connectivity index (χ3n) is 6.17. The van der Waals surface area contributed by atoms with E-state index in [2.05, 4.69) is 24.1 Å². The van der Waals surface area contributed by atoms with Crippen molar-refractivity contribution in [1.29, 1.82) is 0 Å². The van der Waals surface area contributed by atoms with Crippen LogP contribution in [0, 0.1) is 5.92 Å². The Morgan fingerprint density at radius 1 is 1.14 bits per heavy atom. The van der Waals surface area contributed by atoms with Crippen molar-refractivity contribution in [2.45, 2.75) is 102 Å². The van der Waals surface area contributed by atoms with Gasteiger partial charge in [0, 0.05) is 6.04 Å². The molecule has 1 heterocycles. The molecule has 0 aromatic rings. The summed E-state index contributed by atoms with van der Waals surface area (Å²) >= 11 is 0. The van der Waals surface area contributed by atoms with Gasteiger partial charge in [0.15, 0.2) is 0 Å². The summed E-state index contributed by atoms with van der Waals surface area (Å²) < 4.78 is 0. The molecule has 1 spiro atoms. The van der Waals surface area contributed by atoms with Crippen molar-refractivity contribution >= 4 is 5.91 Å². The zero-order chi connectivity index (χ0) is 14.9. The van der Waals surface area contributed by atoms with E-state index in [4.69, 9.17) is 0 Å². The highest BCUT2D eigenvalue weighted by Crippen LogP contribution is 2.40. The molecular weight excluding hydrogens is 260 g/mol. The lowest BCUT2D eigenvalue weighted by Crippen LogP contribution is -2.46. The monoisotopic (exact) mass is 292 g/mol. The van der Waals surface area contributed by atoms with Crippen molar-refractivity contribution < 1.29 is 4.79 Å². The predicted molar refractivity (Wildman–Crippen MR) is 85.9 cm³/mol. The number of amides is 1. The second-order valence-corrected chi connectivity index (χ2v) is 7.53. The molecule has 1 unspecified atom stereocenters. The average molecular weight is 292 g/mol. The van der Waals surface area contributed by atoms with Crippen molar-refractivity contribution in [2.75, 3.05) is 0 Å². The van der Waals surface area contributed by atoms with Crippen LogP contribution in [0.1, 0.15) is 84.5 Å². The molecule has 3 fully saturated rings. The van der Waals surface area contributed by atoms with Gasteiger partial charge in [-0.15, -0.1) is 0 Å². The first-order valence-corrected chi connectivity index (χ1v) is 9.30. The zero-order valence-corrected chi connectivity index (χ0v) is 13.9. The lowest BCUT2D eigenvalue weighted by molar-refractivity contribution is -0.136. The van der Waals surface area contributed by atoms with Gasteiger partial charge in [-0.1, -0.05) is 39.5 Å². The van der Waals surface area contributed by atoms with Crippen LogP contribution in [-0.2, 0) is 4.79 Å². The SMILES string of the molecule is CCCC1CCC(N2C(=O)C3(CCCC3)NC2CC)CC1. The van der Waals surface area contributed by atoms with E-state index in [1.165, 1.54) is 51.4 Å². The molecule has 0 aromatic heterocycles. The van der Waals surface area contributed by atoms with Crippen LogP contribution < -0.4 is 5.32 Å². The topological polar surface area (TPSA) is 32.3 Å². The van der Waals surface area contributed by atoms with Gasteiger partial charge in [0.05, 0.1) is 11.7 Å². The molecule has 3 heteroatoms. The van der Waals surface area contributed by atoms with E-state index in [1.54, 1.807) is 0 Å².